The largest absolute Gasteiger partial charge is 0.319 e. The molecule has 0 aliphatic carbocycles. The van der Waals surface area contributed by atoms with Crippen LogP contribution in [0.2, 0.25) is 0 Å². The van der Waals surface area contributed by atoms with Crippen LogP contribution < -0.4 is 5.32 Å². The van der Waals surface area contributed by atoms with Crippen LogP contribution in [0.4, 0.5) is 0 Å². The topological polar surface area (TPSA) is 15.3 Å². The Labute approximate surface area is 75.3 Å². The fourth-order valence-electron chi connectivity index (χ4n) is 2.79. The second-order valence-corrected chi connectivity index (χ2v) is 4.31. The van der Waals surface area contributed by atoms with Gasteiger partial charge < -0.3 is 10.2 Å². The van der Waals surface area contributed by atoms with E-state index >= 15 is 0 Å². The summed E-state index contributed by atoms with van der Waals surface area (Å²) in [5.41, 5.74) is 0. The van der Waals surface area contributed by atoms with Gasteiger partial charge in [-0.3, -0.25) is 0 Å². The smallest absolute Gasteiger partial charge is 0.00128 e. The zero-order valence-corrected chi connectivity index (χ0v) is 8.05. The first kappa shape index (κ1) is 8.52. The number of nitrogens with one attached hydrogen (secondary N) is 1. The van der Waals surface area contributed by atoms with Gasteiger partial charge in [0, 0.05) is 6.54 Å². The molecule has 3 atom stereocenters. The second-order valence-electron chi connectivity index (χ2n) is 4.31. The quantitative estimate of drug-likeness (QED) is 0.660. The Bertz CT molecular complexity index is 145. The van der Waals surface area contributed by atoms with E-state index in [1.165, 1.54) is 45.4 Å². The van der Waals surface area contributed by atoms with Crippen LogP contribution in [0.1, 0.15) is 19.3 Å². The summed E-state index contributed by atoms with van der Waals surface area (Å²) in [6.07, 6.45) is 4.33. The first-order chi connectivity index (χ1) is 5.90. The minimum Gasteiger partial charge on any atom is -0.319 e. The van der Waals surface area contributed by atoms with E-state index in [2.05, 4.69) is 17.3 Å². The van der Waals surface area contributed by atoms with Gasteiger partial charge in [0.05, 0.1) is 0 Å². The van der Waals surface area contributed by atoms with Crippen LogP contribution in [-0.2, 0) is 0 Å². The van der Waals surface area contributed by atoms with Crippen molar-refractivity contribution in [3.8, 4) is 0 Å². The Morgan fingerprint density at radius 2 is 2.25 bits per heavy atom. The molecule has 1 N–H and O–H groups in total. The lowest BCUT2D eigenvalue weighted by atomic mass is 9.80. The van der Waals surface area contributed by atoms with Crippen LogP contribution >= 0.6 is 0 Å². The van der Waals surface area contributed by atoms with Gasteiger partial charge in [0.25, 0.3) is 0 Å². The van der Waals surface area contributed by atoms with E-state index < -0.39 is 0 Å². The minimum atomic E-state index is 0.964. The van der Waals surface area contributed by atoms with Gasteiger partial charge in [-0.2, -0.15) is 0 Å². The maximum Gasteiger partial charge on any atom is 0.00128 e. The van der Waals surface area contributed by atoms with Gasteiger partial charge >= 0.3 is 0 Å². The Morgan fingerprint density at radius 3 is 3.08 bits per heavy atom. The van der Waals surface area contributed by atoms with Crippen molar-refractivity contribution in [2.45, 2.75) is 19.3 Å². The van der Waals surface area contributed by atoms with Crippen LogP contribution in [-0.4, -0.2) is 38.1 Å². The molecule has 2 aliphatic rings. The Morgan fingerprint density at radius 1 is 1.33 bits per heavy atom. The highest BCUT2D eigenvalue weighted by atomic mass is 15.1. The molecule has 2 aliphatic heterocycles. The number of piperidine rings is 2. The first-order valence-corrected chi connectivity index (χ1v) is 5.27. The SMILES string of the molecule is CNCC1CCN2CCCC1C2. The van der Waals surface area contributed by atoms with Crippen LogP contribution in [0.5, 0.6) is 0 Å². The average Bonchev–Trinajstić information content (AvgIpc) is 2.11. The number of nitrogens with zero attached hydrogens (tertiary/aromatic N) is 1. The predicted octanol–water partition coefficient (Wildman–Crippen LogP) is 0.938. The van der Waals surface area contributed by atoms with Crippen molar-refractivity contribution in [3.05, 3.63) is 0 Å². The number of fused-ring (bicyclic) bond motifs is 2. The molecule has 2 nitrogen and oxygen atoms in total. The maximum atomic E-state index is 3.32. The van der Waals surface area contributed by atoms with E-state index in [9.17, 15) is 0 Å². The molecule has 3 unspecified atom stereocenters. The van der Waals surface area contributed by atoms with Gasteiger partial charge in [-0.05, 0) is 57.8 Å². The van der Waals surface area contributed by atoms with Crippen LogP contribution in [0.25, 0.3) is 0 Å². The third-order valence-corrected chi connectivity index (χ3v) is 3.49. The van der Waals surface area contributed by atoms with Crippen molar-refractivity contribution in [1.82, 2.24) is 10.2 Å². The molecule has 0 aromatic heterocycles. The lowest BCUT2D eigenvalue weighted by Crippen LogP contribution is -2.46. The molecule has 0 spiro atoms. The maximum absolute atomic E-state index is 3.32. The van der Waals surface area contributed by atoms with Gasteiger partial charge in [0.2, 0.25) is 0 Å². The zero-order valence-electron chi connectivity index (χ0n) is 8.05. The van der Waals surface area contributed by atoms with Crippen LogP contribution in [0.15, 0.2) is 0 Å². The lowest BCUT2D eigenvalue weighted by Gasteiger charge is -2.42. The fraction of sp³-hybridized carbons (Fsp3) is 1.00. The van der Waals surface area contributed by atoms with Crippen LogP contribution in [0.3, 0.4) is 0 Å². The molecule has 0 aromatic rings. The van der Waals surface area contributed by atoms with E-state index in [4.69, 9.17) is 0 Å². The normalized spacial score (nSPS) is 41.2. The Hall–Kier alpha value is -0.0800. The molecule has 0 amide bonds. The molecule has 0 radical (unpaired) electrons. The second kappa shape index (κ2) is 3.75. The molecule has 2 bridgehead atoms. The molecular weight excluding hydrogens is 148 g/mol. The Kier molecular flexibility index (Phi) is 2.66. The Balaban J connectivity index is 1.90. The van der Waals surface area contributed by atoms with E-state index in [-0.39, 0.29) is 0 Å². The summed E-state index contributed by atoms with van der Waals surface area (Å²) in [5, 5.41) is 3.32. The molecule has 2 rings (SSSR count). The van der Waals surface area contributed by atoms with Crippen molar-refractivity contribution < 1.29 is 0 Å². The van der Waals surface area contributed by atoms with E-state index in [0.717, 1.165) is 11.8 Å². The third kappa shape index (κ3) is 1.64. The molecule has 2 saturated heterocycles. The third-order valence-electron chi connectivity index (χ3n) is 3.49. The molecule has 2 heteroatoms. The molecule has 0 aromatic carbocycles. The summed E-state index contributed by atoms with van der Waals surface area (Å²) in [7, 11) is 2.08. The highest BCUT2D eigenvalue weighted by Gasteiger charge is 2.30. The average molecular weight is 168 g/mol. The summed E-state index contributed by atoms with van der Waals surface area (Å²) < 4.78 is 0. The van der Waals surface area contributed by atoms with E-state index in [1.54, 1.807) is 0 Å². The summed E-state index contributed by atoms with van der Waals surface area (Å²) in [6.45, 7) is 5.33. The summed E-state index contributed by atoms with van der Waals surface area (Å²) >= 11 is 0. The summed E-state index contributed by atoms with van der Waals surface area (Å²) in [4.78, 5) is 2.64. The molecule has 2 heterocycles. The van der Waals surface area contributed by atoms with Crippen LogP contribution in [0, 0.1) is 11.8 Å². The predicted molar refractivity (Wildman–Crippen MR) is 51.2 cm³/mol. The molecular formula is C10H20N2. The molecule has 0 saturated carbocycles. The lowest BCUT2D eigenvalue weighted by molar-refractivity contribution is 0.0746. The van der Waals surface area contributed by atoms with Gasteiger partial charge in [-0.25, -0.2) is 0 Å². The van der Waals surface area contributed by atoms with Crippen molar-refractivity contribution in [2.75, 3.05) is 33.2 Å². The summed E-state index contributed by atoms with van der Waals surface area (Å²) in [6, 6.07) is 0. The summed E-state index contributed by atoms with van der Waals surface area (Å²) in [5.74, 6) is 1.96. The zero-order chi connectivity index (χ0) is 8.39. The first-order valence-electron chi connectivity index (χ1n) is 5.27. The molecule has 12 heavy (non-hydrogen) atoms. The fourth-order valence-corrected chi connectivity index (χ4v) is 2.79. The monoisotopic (exact) mass is 168 g/mol. The van der Waals surface area contributed by atoms with Crippen molar-refractivity contribution in [3.63, 3.8) is 0 Å². The standard InChI is InChI=1S/C10H20N2/c1-11-7-9-4-6-12-5-2-3-10(9)8-12/h9-11H,2-8H2,1H3. The van der Waals surface area contributed by atoms with Crippen molar-refractivity contribution in [2.24, 2.45) is 11.8 Å². The number of hydrogen-bond donors (Lipinski definition) is 1. The minimum absolute atomic E-state index is 0.964. The van der Waals surface area contributed by atoms with Crippen molar-refractivity contribution in [1.29, 1.82) is 0 Å². The van der Waals surface area contributed by atoms with E-state index in [0.29, 0.717) is 0 Å². The number of rotatable bonds is 2. The van der Waals surface area contributed by atoms with Gasteiger partial charge in [0.1, 0.15) is 0 Å². The van der Waals surface area contributed by atoms with Gasteiger partial charge in [-0.15, -0.1) is 0 Å². The highest BCUT2D eigenvalue weighted by Crippen LogP contribution is 2.30. The highest BCUT2D eigenvalue weighted by molar-refractivity contribution is 4.84. The van der Waals surface area contributed by atoms with Gasteiger partial charge in [-0.1, -0.05) is 0 Å². The van der Waals surface area contributed by atoms with E-state index in [1.807, 2.05) is 0 Å². The molecule has 70 valence electrons. The molecule has 2 fully saturated rings. The number of hydrogen-bond acceptors (Lipinski definition) is 2. The van der Waals surface area contributed by atoms with Crippen molar-refractivity contribution >= 4 is 0 Å². The van der Waals surface area contributed by atoms with Gasteiger partial charge in [0.15, 0.2) is 0 Å².